The zero-order chi connectivity index (χ0) is 26.1. The second-order valence-corrected chi connectivity index (χ2v) is 11.1. The Kier molecular flexibility index (Phi) is 9.75. The minimum Gasteiger partial charge on any atom is -0.494 e. The molecule has 36 heavy (non-hydrogen) atoms. The van der Waals surface area contributed by atoms with E-state index >= 15 is 0 Å². The number of benzene rings is 2. The Bertz CT molecular complexity index is 1100. The molecule has 2 aromatic carbocycles. The van der Waals surface area contributed by atoms with Crippen molar-refractivity contribution in [3.8, 4) is 5.75 Å². The Balaban J connectivity index is 1.80. The standard InChI is InChI=1S/C27H37N3O5S/c1-4-35-25-16-14-24(15-17-25)30(36(3,33)34)20-26(31)29(19-18-22-10-6-5-7-11-22)21(2)27(32)28-23-12-8-9-13-23/h5-7,10-11,14-17,21,23H,4,8-9,12-13,18-20H2,1-3H3,(H,28,32)/t21-/m1/s1. The highest BCUT2D eigenvalue weighted by Crippen LogP contribution is 2.23. The van der Waals surface area contributed by atoms with Crippen molar-refractivity contribution in [2.24, 2.45) is 0 Å². The van der Waals surface area contributed by atoms with Crippen LogP contribution in [-0.4, -0.2) is 63.2 Å². The molecule has 0 bridgehead atoms. The van der Waals surface area contributed by atoms with E-state index in [2.05, 4.69) is 5.32 Å². The maximum Gasteiger partial charge on any atom is 0.244 e. The summed E-state index contributed by atoms with van der Waals surface area (Å²) in [7, 11) is -3.76. The number of carbonyl (C=O) groups excluding carboxylic acids is 2. The molecule has 1 N–H and O–H groups in total. The predicted molar refractivity (Wildman–Crippen MR) is 142 cm³/mol. The Hall–Kier alpha value is -3.07. The van der Waals surface area contributed by atoms with Crippen LogP contribution in [-0.2, 0) is 26.0 Å². The summed E-state index contributed by atoms with van der Waals surface area (Å²) in [5, 5.41) is 3.07. The Morgan fingerprint density at radius 1 is 1.06 bits per heavy atom. The largest absolute Gasteiger partial charge is 0.494 e. The number of nitrogens with one attached hydrogen (secondary N) is 1. The van der Waals surface area contributed by atoms with Gasteiger partial charge >= 0.3 is 0 Å². The van der Waals surface area contributed by atoms with Crippen LogP contribution >= 0.6 is 0 Å². The molecule has 0 saturated heterocycles. The number of sulfonamides is 1. The van der Waals surface area contributed by atoms with E-state index in [1.807, 2.05) is 37.3 Å². The number of carbonyl (C=O) groups is 2. The fourth-order valence-corrected chi connectivity index (χ4v) is 5.30. The zero-order valence-corrected chi connectivity index (χ0v) is 22.2. The average Bonchev–Trinajstić information content (AvgIpc) is 3.36. The first-order chi connectivity index (χ1) is 17.2. The van der Waals surface area contributed by atoms with Crippen molar-refractivity contribution in [3.63, 3.8) is 0 Å². The van der Waals surface area contributed by atoms with Gasteiger partial charge in [-0.05, 0) is 62.9 Å². The number of amides is 2. The van der Waals surface area contributed by atoms with Crippen LogP contribution in [0.15, 0.2) is 54.6 Å². The lowest BCUT2D eigenvalue weighted by molar-refractivity contribution is -0.139. The van der Waals surface area contributed by atoms with Gasteiger partial charge in [-0.3, -0.25) is 13.9 Å². The van der Waals surface area contributed by atoms with Crippen molar-refractivity contribution in [1.29, 1.82) is 0 Å². The third kappa shape index (κ3) is 7.71. The quantitative estimate of drug-likeness (QED) is 0.468. The van der Waals surface area contributed by atoms with Crippen molar-refractivity contribution >= 4 is 27.5 Å². The lowest BCUT2D eigenvalue weighted by atomic mass is 10.1. The number of hydrogen-bond acceptors (Lipinski definition) is 5. The van der Waals surface area contributed by atoms with Gasteiger partial charge < -0.3 is 15.0 Å². The molecule has 3 rings (SSSR count). The maximum absolute atomic E-state index is 13.6. The number of rotatable bonds is 12. The minimum atomic E-state index is -3.76. The molecular weight excluding hydrogens is 478 g/mol. The topological polar surface area (TPSA) is 96.0 Å². The summed E-state index contributed by atoms with van der Waals surface area (Å²) >= 11 is 0. The van der Waals surface area contributed by atoms with Gasteiger partial charge in [-0.1, -0.05) is 43.2 Å². The molecule has 1 aliphatic rings. The average molecular weight is 516 g/mol. The summed E-state index contributed by atoms with van der Waals surface area (Å²) in [4.78, 5) is 28.1. The number of anilines is 1. The van der Waals surface area contributed by atoms with E-state index < -0.39 is 28.5 Å². The van der Waals surface area contributed by atoms with Crippen LogP contribution in [0.4, 0.5) is 5.69 Å². The molecule has 9 heteroatoms. The van der Waals surface area contributed by atoms with Gasteiger partial charge in [0.05, 0.1) is 18.6 Å². The molecule has 196 valence electrons. The molecular formula is C27H37N3O5S. The minimum absolute atomic E-state index is 0.127. The summed E-state index contributed by atoms with van der Waals surface area (Å²) in [6.07, 6.45) is 5.67. The third-order valence-electron chi connectivity index (χ3n) is 6.47. The van der Waals surface area contributed by atoms with Crippen LogP contribution in [0.3, 0.4) is 0 Å². The van der Waals surface area contributed by atoms with Gasteiger partial charge in [0.1, 0.15) is 18.3 Å². The van der Waals surface area contributed by atoms with Crippen molar-refractivity contribution in [2.75, 3.05) is 30.3 Å². The highest BCUT2D eigenvalue weighted by atomic mass is 32.2. The fourth-order valence-electron chi connectivity index (χ4n) is 4.45. The van der Waals surface area contributed by atoms with E-state index in [4.69, 9.17) is 4.74 Å². The number of nitrogens with zero attached hydrogens (tertiary/aromatic N) is 2. The normalized spacial score (nSPS) is 14.8. The van der Waals surface area contributed by atoms with Crippen LogP contribution in [0, 0.1) is 0 Å². The molecule has 1 fully saturated rings. The first-order valence-corrected chi connectivity index (χ1v) is 14.4. The molecule has 0 radical (unpaired) electrons. The van der Waals surface area contributed by atoms with Gasteiger partial charge in [0, 0.05) is 12.6 Å². The molecule has 2 aromatic rings. The molecule has 0 aromatic heterocycles. The Morgan fingerprint density at radius 2 is 1.69 bits per heavy atom. The van der Waals surface area contributed by atoms with Crippen LogP contribution < -0.4 is 14.4 Å². The van der Waals surface area contributed by atoms with Crippen LogP contribution in [0.25, 0.3) is 0 Å². The maximum atomic E-state index is 13.6. The highest BCUT2D eigenvalue weighted by molar-refractivity contribution is 7.92. The SMILES string of the molecule is CCOc1ccc(N(CC(=O)N(CCc2ccccc2)[C@H](C)C(=O)NC2CCCC2)S(C)(=O)=O)cc1. The second-order valence-electron chi connectivity index (χ2n) is 9.19. The molecule has 0 aliphatic heterocycles. The second kappa shape index (κ2) is 12.8. The molecule has 1 aliphatic carbocycles. The van der Waals surface area contributed by atoms with Gasteiger partial charge in [-0.2, -0.15) is 0 Å². The van der Waals surface area contributed by atoms with E-state index in [-0.39, 0.29) is 11.9 Å². The molecule has 1 atom stereocenters. The third-order valence-corrected chi connectivity index (χ3v) is 7.61. The summed E-state index contributed by atoms with van der Waals surface area (Å²) in [6, 6.07) is 15.7. The summed E-state index contributed by atoms with van der Waals surface area (Å²) in [5.74, 6) is -0.0303. The Labute approximate surface area is 214 Å². The van der Waals surface area contributed by atoms with Gasteiger partial charge in [0.15, 0.2) is 0 Å². The van der Waals surface area contributed by atoms with Crippen LogP contribution in [0.1, 0.15) is 45.1 Å². The van der Waals surface area contributed by atoms with Crippen LogP contribution in [0.2, 0.25) is 0 Å². The molecule has 0 heterocycles. The van der Waals surface area contributed by atoms with Gasteiger partial charge in [0.25, 0.3) is 0 Å². The molecule has 8 nitrogen and oxygen atoms in total. The highest BCUT2D eigenvalue weighted by Gasteiger charge is 2.31. The van der Waals surface area contributed by atoms with E-state index in [9.17, 15) is 18.0 Å². The number of ether oxygens (including phenoxy) is 1. The number of hydrogen-bond donors (Lipinski definition) is 1. The lowest BCUT2D eigenvalue weighted by Gasteiger charge is -2.32. The van der Waals surface area contributed by atoms with Gasteiger partial charge in [-0.15, -0.1) is 0 Å². The summed E-state index contributed by atoms with van der Waals surface area (Å²) in [5.41, 5.74) is 1.39. The van der Waals surface area contributed by atoms with E-state index in [0.29, 0.717) is 31.0 Å². The van der Waals surface area contributed by atoms with Crippen molar-refractivity contribution < 1.29 is 22.7 Å². The van der Waals surface area contributed by atoms with Crippen LogP contribution in [0.5, 0.6) is 5.75 Å². The molecule has 0 unspecified atom stereocenters. The smallest absolute Gasteiger partial charge is 0.244 e. The summed E-state index contributed by atoms with van der Waals surface area (Å²) < 4.78 is 31.8. The van der Waals surface area contributed by atoms with Crippen molar-refractivity contribution in [2.45, 2.75) is 58.0 Å². The van der Waals surface area contributed by atoms with Crippen molar-refractivity contribution in [3.05, 3.63) is 60.2 Å². The van der Waals surface area contributed by atoms with Crippen molar-refractivity contribution in [1.82, 2.24) is 10.2 Å². The first-order valence-electron chi connectivity index (χ1n) is 12.5. The van der Waals surface area contributed by atoms with Gasteiger partial charge in [-0.25, -0.2) is 8.42 Å². The summed E-state index contributed by atoms with van der Waals surface area (Å²) in [6.45, 7) is 3.95. The first kappa shape index (κ1) is 27.5. The van der Waals surface area contributed by atoms with E-state index in [1.54, 1.807) is 31.2 Å². The van der Waals surface area contributed by atoms with E-state index in [0.717, 1.165) is 41.8 Å². The molecule has 0 spiro atoms. The monoisotopic (exact) mass is 515 g/mol. The van der Waals surface area contributed by atoms with Gasteiger partial charge in [0.2, 0.25) is 21.8 Å². The predicted octanol–water partition coefficient (Wildman–Crippen LogP) is 3.37. The zero-order valence-electron chi connectivity index (χ0n) is 21.4. The Morgan fingerprint density at radius 3 is 2.28 bits per heavy atom. The fraction of sp³-hybridized carbons (Fsp3) is 0.481. The lowest BCUT2D eigenvalue weighted by Crippen LogP contribution is -2.53. The molecule has 1 saturated carbocycles. The molecule has 2 amide bonds. The van der Waals surface area contributed by atoms with E-state index in [1.165, 1.54) is 4.90 Å².